The number of amides is 1. The number of aromatic nitrogens is 2. The number of nitrogens with one attached hydrogen (secondary N) is 2. The predicted octanol–water partition coefficient (Wildman–Crippen LogP) is 2.07. The second-order valence-electron chi connectivity index (χ2n) is 4.50. The second kappa shape index (κ2) is 5.22. The molecule has 3 aromatic rings. The van der Waals surface area contributed by atoms with Gasteiger partial charge in [0.15, 0.2) is 5.82 Å². The van der Waals surface area contributed by atoms with Crippen LogP contribution in [-0.2, 0) is 0 Å². The van der Waals surface area contributed by atoms with Crippen molar-refractivity contribution >= 4 is 28.3 Å². The molecule has 0 spiro atoms. The number of rotatable bonds is 3. The van der Waals surface area contributed by atoms with Crippen molar-refractivity contribution in [3.63, 3.8) is 0 Å². The van der Waals surface area contributed by atoms with Crippen molar-refractivity contribution in [2.45, 2.75) is 6.92 Å². The molecule has 21 heavy (non-hydrogen) atoms. The van der Waals surface area contributed by atoms with Gasteiger partial charge in [0.1, 0.15) is 17.3 Å². The first-order valence-electron chi connectivity index (χ1n) is 6.28. The Hall–Kier alpha value is -2.93. The van der Waals surface area contributed by atoms with E-state index in [-0.39, 0.29) is 11.6 Å². The fraction of sp³-hybridized carbons (Fsp3) is 0.0714. The highest BCUT2D eigenvalue weighted by Crippen LogP contribution is 2.22. The Morgan fingerprint density at radius 3 is 2.81 bits per heavy atom. The lowest BCUT2D eigenvalue weighted by Gasteiger charge is -2.08. The number of nitrogens with two attached hydrogens (primary N) is 1. The first-order valence-corrected chi connectivity index (χ1v) is 6.28. The molecular formula is C14H13N5O2. The van der Waals surface area contributed by atoms with Crippen LogP contribution in [-0.4, -0.2) is 16.0 Å². The summed E-state index contributed by atoms with van der Waals surface area (Å²) in [5, 5.41) is 8.04. The van der Waals surface area contributed by atoms with E-state index in [0.717, 1.165) is 10.8 Å². The van der Waals surface area contributed by atoms with Crippen LogP contribution in [0.3, 0.4) is 0 Å². The number of nitrogens with zero attached hydrogens (tertiary/aromatic N) is 2. The van der Waals surface area contributed by atoms with Crippen molar-refractivity contribution in [1.82, 2.24) is 10.1 Å². The lowest BCUT2D eigenvalue weighted by molar-refractivity contribution is 0.102. The number of carbonyl (C=O) groups excluding carboxylic acids is 1. The van der Waals surface area contributed by atoms with Gasteiger partial charge in [-0.1, -0.05) is 29.4 Å². The van der Waals surface area contributed by atoms with E-state index in [1.54, 1.807) is 19.1 Å². The van der Waals surface area contributed by atoms with Crippen LogP contribution in [0.5, 0.6) is 0 Å². The van der Waals surface area contributed by atoms with Crippen molar-refractivity contribution in [1.29, 1.82) is 0 Å². The summed E-state index contributed by atoms with van der Waals surface area (Å²) in [6.07, 6.45) is 0. The van der Waals surface area contributed by atoms with Gasteiger partial charge in [0.2, 0.25) is 0 Å². The van der Waals surface area contributed by atoms with E-state index in [9.17, 15) is 4.79 Å². The van der Waals surface area contributed by atoms with E-state index in [0.29, 0.717) is 17.4 Å². The Morgan fingerprint density at radius 2 is 2.10 bits per heavy atom. The molecule has 0 saturated heterocycles. The molecular weight excluding hydrogens is 270 g/mol. The molecule has 0 aliphatic rings. The Labute approximate surface area is 120 Å². The number of fused-ring (bicyclic) bond motifs is 1. The topological polar surface area (TPSA) is 106 Å². The van der Waals surface area contributed by atoms with Crippen molar-refractivity contribution in [2.24, 2.45) is 5.84 Å². The van der Waals surface area contributed by atoms with Gasteiger partial charge in [0, 0.05) is 11.5 Å². The van der Waals surface area contributed by atoms with Crippen LogP contribution in [0.25, 0.3) is 10.8 Å². The van der Waals surface area contributed by atoms with E-state index in [2.05, 4.69) is 20.9 Å². The number of aryl methyl sites for hydroxylation is 1. The zero-order chi connectivity index (χ0) is 14.8. The first kappa shape index (κ1) is 13.1. The minimum absolute atomic E-state index is 0.238. The minimum atomic E-state index is -0.384. The van der Waals surface area contributed by atoms with E-state index in [1.807, 2.05) is 24.3 Å². The van der Waals surface area contributed by atoms with Crippen LogP contribution in [0.15, 0.2) is 40.9 Å². The largest absolute Gasteiger partial charge is 0.360 e. The Kier molecular flexibility index (Phi) is 3.25. The molecule has 2 heterocycles. The second-order valence-corrected chi connectivity index (χ2v) is 4.50. The van der Waals surface area contributed by atoms with Crippen LogP contribution >= 0.6 is 0 Å². The van der Waals surface area contributed by atoms with Crippen molar-refractivity contribution in [2.75, 3.05) is 10.7 Å². The van der Waals surface area contributed by atoms with E-state index in [1.165, 1.54) is 0 Å². The molecule has 0 radical (unpaired) electrons. The molecule has 3 rings (SSSR count). The molecule has 7 heteroatoms. The van der Waals surface area contributed by atoms with Crippen LogP contribution in [0.1, 0.15) is 16.2 Å². The number of benzene rings is 1. The van der Waals surface area contributed by atoms with E-state index >= 15 is 0 Å². The maximum atomic E-state index is 12.2. The molecule has 0 atom stereocenters. The van der Waals surface area contributed by atoms with Crippen LogP contribution in [0.2, 0.25) is 0 Å². The number of nitrogen functional groups attached to an aromatic ring is 1. The third-order valence-corrected chi connectivity index (χ3v) is 2.98. The van der Waals surface area contributed by atoms with Gasteiger partial charge < -0.3 is 15.3 Å². The van der Waals surface area contributed by atoms with Crippen LogP contribution < -0.4 is 16.6 Å². The van der Waals surface area contributed by atoms with Gasteiger partial charge in [-0.05, 0) is 18.4 Å². The highest BCUT2D eigenvalue weighted by atomic mass is 16.5. The van der Waals surface area contributed by atoms with E-state index in [4.69, 9.17) is 10.4 Å². The van der Waals surface area contributed by atoms with Gasteiger partial charge in [0.25, 0.3) is 5.91 Å². The molecule has 106 valence electrons. The summed E-state index contributed by atoms with van der Waals surface area (Å²) >= 11 is 0. The molecule has 0 aliphatic carbocycles. The number of hydrazine groups is 1. The quantitative estimate of drug-likeness (QED) is 0.502. The predicted molar refractivity (Wildman–Crippen MR) is 78.7 cm³/mol. The standard InChI is InChI=1S/C14H13N5O2/c1-8-6-12(19-21-8)17-14(20)11-7-9-4-2-3-5-10(9)13(16-11)18-15/h2-7H,15H2,1H3,(H,16,18)(H,17,19,20). The SMILES string of the molecule is Cc1cc(NC(=O)c2cc3ccccc3c(NN)n2)no1. The molecule has 1 amide bonds. The molecule has 0 saturated carbocycles. The molecule has 4 N–H and O–H groups in total. The van der Waals surface area contributed by atoms with Gasteiger partial charge in [-0.15, -0.1) is 0 Å². The third-order valence-electron chi connectivity index (χ3n) is 2.98. The molecule has 0 bridgehead atoms. The third kappa shape index (κ3) is 2.54. The van der Waals surface area contributed by atoms with Gasteiger partial charge in [-0.3, -0.25) is 4.79 Å². The maximum Gasteiger partial charge on any atom is 0.275 e. The number of hydrogen-bond acceptors (Lipinski definition) is 6. The average molecular weight is 283 g/mol. The molecule has 1 aromatic carbocycles. The van der Waals surface area contributed by atoms with Crippen LogP contribution in [0, 0.1) is 6.92 Å². The highest BCUT2D eigenvalue weighted by molar-refractivity contribution is 6.06. The van der Waals surface area contributed by atoms with Crippen molar-refractivity contribution < 1.29 is 9.32 Å². The molecule has 0 unspecified atom stereocenters. The average Bonchev–Trinajstić information content (AvgIpc) is 2.91. The fourth-order valence-corrected chi connectivity index (χ4v) is 2.03. The summed E-state index contributed by atoms with van der Waals surface area (Å²) in [4.78, 5) is 16.4. The Bertz CT molecular complexity index is 812. The molecule has 7 nitrogen and oxygen atoms in total. The van der Waals surface area contributed by atoms with Gasteiger partial charge >= 0.3 is 0 Å². The Balaban J connectivity index is 1.98. The lowest BCUT2D eigenvalue weighted by atomic mass is 10.1. The first-order chi connectivity index (χ1) is 10.2. The minimum Gasteiger partial charge on any atom is -0.360 e. The summed E-state index contributed by atoms with van der Waals surface area (Å²) in [6, 6.07) is 10.8. The monoisotopic (exact) mass is 283 g/mol. The Morgan fingerprint density at radius 1 is 1.29 bits per heavy atom. The number of anilines is 2. The van der Waals surface area contributed by atoms with Crippen molar-refractivity contribution in [3.05, 3.63) is 47.9 Å². The van der Waals surface area contributed by atoms with E-state index < -0.39 is 0 Å². The number of pyridine rings is 1. The molecule has 0 fully saturated rings. The fourth-order valence-electron chi connectivity index (χ4n) is 2.03. The zero-order valence-corrected chi connectivity index (χ0v) is 11.3. The summed E-state index contributed by atoms with van der Waals surface area (Å²) < 4.78 is 4.90. The van der Waals surface area contributed by atoms with Gasteiger partial charge in [-0.2, -0.15) is 0 Å². The maximum absolute atomic E-state index is 12.2. The van der Waals surface area contributed by atoms with Crippen LogP contribution in [0.4, 0.5) is 11.6 Å². The zero-order valence-electron chi connectivity index (χ0n) is 11.3. The van der Waals surface area contributed by atoms with Crippen molar-refractivity contribution in [3.8, 4) is 0 Å². The number of carbonyl (C=O) groups is 1. The molecule has 0 aliphatic heterocycles. The summed E-state index contributed by atoms with van der Waals surface area (Å²) in [5.41, 5.74) is 2.75. The van der Waals surface area contributed by atoms with Gasteiger partial charge in [-0.25, -0.2) is 10.8 Å². The lowest BCUT2D eigenvalue weighted by Crippen LogP contribution is -2.16. The summed E-state index contributed by atoms with van der Waals surface area (Å²) in [6.45, 7) is 1.74. The van der Waals surface area contributed by atoms with Gasteiger partial charge in [0.05, 0.1) is 0 Å². The number of hydrogen-bond donors (Lipinski definition) is 3. The summed E-state index contributed by atoms with van der Waals surface area (Å²) in [7, 11) is 0. The normalized spacial score (nSPS) is 10.6. The smallest absolute Gasteiger partial charge is 0.275 e. The molecule has 2 aromatic heterocycles. The highest BCUT2D eigenvalue weighted by Gasteiger charge is 2.13. The summed E-state index contributed by atoms with van der Waals surface area (Å²) in [5.74, 6) is 6.48.